The van der Waals surface area contributed by atoms with E-state index in [-0.39, 0.29) is 17.0 Å². The fourth-order valence-electron chi connectivity index (χ4n) is 3.12. The van der Waals surface area contributed by atoms with Gasteiger partial charge in [0.1, 0.15) is 12.2 Å². The normalized spacial score (nSPS) is 12.9. The van der Waals surface area contributed by atoms with Crippen molar-refractivity contribution in [1.82, 2.24) is 14.7 Å². The zero-order valence-corrected chi connectivity index (χ0v) is 17.6. The number of nitrogens with one attached hydrogen (secondary N) is 2. The van der Waals surface area contributed by atoms with E-state index in [2.05, 4.69) is 10.3 Å². The van der Waals surface area contributed by atoms with Crippen molar-refractivity contribution in [2.45, 2.75) is 39.8 Å². The summed E-state index contributed by atoms with van der Waals surface area (Å²) in [5.74, 6) is 0.00429. The van der Waals surface area contributed by atoms with Crippen LogP contribution in [0.25, 0.3) is 16.2 Å². The second-order valence-corrected chi connectivity index (χ2v) is 8.78. The molecule has 6 nitrogen and oxygen atoms in total. The fraction of sp³-hybridized carbons (Fsp3) is 0.381. The lowest BCUT2D eigenvalue weighted by molar-refractivity contribution is -0.904. The number of rotatable bonds is 6. The average molecular weight is 400 g/mol. The maximum absolute atomic E-state index is 12.8. The highest BCUT2D eigenvalue weighted by Crippen LogP contribution is 2.23. The lowest BCUT2D eigenvalue weighted by Gasteiger charge is -2.23. The molecule has 2 aromatic heterocycles. The molecule has 1 unspecified atom stereocenters. The van der Waals surface area contributed by atoms with E-state index >= 15 is 0 Å². The number of thiazole rings is 1. The molecule has 2 N–H and O–H groups in total. The molecule has 28 heavy (non-hydrogen) atoms. The predicted molar refractivity (Wildman–Crippen MR) is 113 cm³/mol. The van der Waals surface area contributed by atoms with Crippen molar-refractivity contribution in [2.75, 3.05) is 13.1 Å². The Kier molecular flexibility index (Phi) is 5.96. The molecule has 0 aliphatic heterocycles. The molecule has 0 saturated carbocycles. The van der Waals surface area contributed by atoms with Crippen molar-refractivity contribution in [1.29, 1.82) is 0 Å². The molecule has 1 atom stereocenters. The van der Waals surface area contributed by atoms with Crippen LogP contribution >= 0.6 is 11.3 Å². The lowest BCUT2D eigenvalue weighted by Crippen LogP contribution is -3.11. The number of aromatic nitrogens is 2. The monoisotopic (exact) mass is 399 g/mol. The van der Waals surface area contributed by atoms with Crippen molar-refractivity contribution in [2.24, 2.45) is 0 Å². The first-order valence-electron chi connectivity index (χ1n) is 9.47. The van der Waals surface area contributed by atoms with Crippen LogP contribution in [-0.4, -0.2) is 33.9 Å². The minimum atomic E-state index is -0.253. The van der Waals surface area contributed by atoms with Crippen LogP contribution < -0.4 is 15.8 Å². The standard InChI is InChI=1S/C21H26N4O2S/c1-5-24(13-18(26)23-21(2,3)4)12-16-11-19(27)25-17(14-28-20(25)22-16)15-9-7-6-8-10-15/h6-11,14H,5,12-13H2,1-4H3,(H,23,26)/p+1. The van der Waals surface area contributed by atoms with Crippen molar-refractivity contribution in [3.05, 3.63) is 57.8 Å². The van der Waals surface area contributed by atoms with Gasteiger partial charge in [0.25, 0.3) is 11.5 Å². The van der Waals surface area contributed by atoms with Crippen LogP contribution in [0, 0.1) is 0 Å². The summed E-state index contributed by atoms with van der Waals surface area (Å²) in [6, 6.07) is 11.4. The van der Waals surface area contributed by atoms with Crippen LogP contribution in [-0.2, 0) is 11.3 Å². The number of hydrogen-bond donors (Lipinski definition) is 2. The van der Waals surface area contributed by atoms with Gasteiger partial charge in [-0.2, -0.15) is 0 Å². The number of benzene rings is 1. The molecule has 0 saturated heterocycles. The quantitative estimate of drug-likeness (QED) is 0.664. The minimum Gasteiger partial charge on any atom is -0.347 e. The van der Waals surface area contributed by atoms with E-state index in [1.165, 1.54) is 11.3 Å². The molecule has 2 heterocycles. The highest BCUT2D eigenvalue weighted by atomic mass is 32.1. The highest BCUT2D eigenvalue weighted by molar-refractivity contribution is 7.15. The van der Waals surface area contributed by atoms with Crippen LogP contribution in [0.3, 0.4) is 0 Å². The molecule has 0 radical (unpaired) electrons. The van der Waals surface area contributed by atoms with Crippen molar-refractivity contribution < 1.29 is 9.69 Å². The molecule has 1 aromatic carbocycles. The average Bonchev–Trinajstić information content (AvgIpc) is 3.05. The summed E-state index contributed by atoms with van der Waals surface area (Å²) >= 11 is 1.46. The number of hydrogen-bond acceptors (Lipinski definition) is 4. The Morgan fingerprint density at radius 1 is 1.25 bits per heavy atom. The predicted octanol–water partition coefficient (Wildman–Crippen LogP) is 1.74. The number of quaternary nitrogens is 1. The number of carbonyl (C=O) groups is 1. The number of likely N-dealkylation sites (N-methyl/N-ethyl adjacent to an activating group) is 1. The summed E-state index contributed by atoms with van der Waals surface area (Å²) in [7, 11) is 0. The summed E-state index contributed by atoms with van der Waals surface area (Å²) in [4.78, 5) is 31.4. The molecule has 3 aromatic rings. The Labute approximate surface area is 168 Å². The Morgan fingerprint density at radius 2 is 1.96 bits per heavy atom. The Morgan fingerprint density at radius 3 is 2.61 bits per heavy atom. The number of amides is 1. The largest absolute Gasteiger partial charge is 0.347 e. The van der Waals surface area contributed by atoms with E-state index < -0.39 is 0 Å². The second-order valence-electron chi connectivity index (χ2n) is 7.95. The van der Waals surface area contributed by atoms with Crippen molar-refractivity contribution in [3.63, 3.8) is 0 Å². The highest BCUT2D eigenvalue weighted by Gasteiger charge is 2.20. The van der Waals surface area contributed by atoms with Gasteiger partial charge in [0.05, 0.1) is 12.2 Å². The molecular formula is C21H27N4O2S+. The first kappa shape index (κ1) is 20.2. The molecule has 0 fully saturated rings. The summed E-state index contributed by atoms with van der Waals surface area (Å²) in [6.45, 7) is 9.60. The number of nitrogens with zero attached hydrogens (tertiary/aromatic N) is 2. The first-order valence-corrected chi connectivity index (χ1v) is 10.3. The zero-order chi connectivity index (χ0) is 20.3. The lowest BCUT2D eigenvalue weighted by atomic mass is 10.1. The smallest absolute Gasteiger partial charge is 0.275 e. The van der Waals surface area contributed by atoms with Crippen LogP contribution in [0.4, 0.5) is 0 Å². The molecule has 0 spiro atoms. The summed E-state index contributed by atoms with van der Waals surface area (Å²) in [5.41, 5.74) is 2.22. The Hall–Kier alpha value is -2.51. The van der Waals surface area contributed by atoms with Gasteiger partial charge in [0.15, 0.2) is 11.5 Å². The Balaban J connectivity index is 1.82. The molecule has 0 aliphatic rings. The topological polar surface area (TPSA) is 67.9 Å². The van der Waals surface area contributed by atoms with Crippen molar-refractivity contribution in [3.8, 4) is 11.3 Å². The van der Waals surface area contributed by atoms with E-state index in [0.717, 1.165) is 22.7 Å². The second kappa shape index (κ2) is 8.24. The van der Waals surface area contributed by atoms with Gasteiger partial charge >= 0.3 is 0 Å². The fourth-order valence-corrected chi connectivity index (χ4v) is 4.05. The number of carbonyl (C=O) groups excluding carboxylic acids is 1. The van der Waals surface area contributed by atoms with Gasteiger partial charge in [-0.3, -0.25) is 14.0 Å². The molecule has 1 amide bonds. The molecule has 148 valence electrons. The minimum absolute atomic E-state index is 0.00429. The van der Waals surface area contributed by atoms with E-state index in [9.17, 15) is 9.59 Å². The third-order valence-electron chi connectivity index (χ3n) is 4.38. The molecular weight excluding hydrogens is 372 g/mol. The van der Waals surface area contributed by atoms with Gasteiger partial charge in [-0.05, 0) is 33.3 Å². The van der Waals surface area contributed by atoms with Crippen molar-refractivity contribution >= 4 is 22.2 Å². The molecule has 0 aliphatic carbocycles. The van der Waals surface area contributed by atoms with Gasteiger partial charge < -0.3 is 10.2 Å². The Bertz CT molecular complexity index is 1020. The van der Waals surface area contributed by atoms with Crippen LogP contribution in [0.1, 0.15) is 33.4 Å². The van der Waals surface area contributed by atoms with Gasteiger partial charge in [-0.25, -0.2) is 4.98 Å². The van der Waals surface area contributed by atoms with Crippen LogP contribution in [0.2, 0.25) is 0 Å². The SMILES string of the molecule is CC[NH+](CC(=O)NC(C)(C)C)Cc1cc(=O)n2c(-c3ccccc3)csc2n1. The van der Waals surface area contributed by atoms with Gasteiger partial charge in [-0.1, -0.05) is 30.3 Å². The van der Waals surface area contributed by atoms with E-state index in [4.69, 9.17) is 0 Å². The first-order chi connectivity index (χ1) is 13.3. The molecule has 7 heteroatoms. The van der Waals surface area contributed by atoms with Gasteiger partial charge in [-0.15, -0.1) is 11.3 Å². The summed E-state index contributed by atoms with van der Waals surface area (Å²) in [5, 5.41) is 4.95. The summed E-state index contributed by atoms with van der Waals surface area (Å²) in [6.07, 6.45) is 0. The van der Waals surface area contributed by atoms with E-state index in [1.54, 1.807) is 10.5 Å². The van der Waals surface area contributed by atoms with E-state index in [0.29, 0.717) is 23.7 Å². The van der Waals surface area contributed by atoms with Crippen LogP contribution in [0.15, 0.2) is 46.6 Å². The molecule has 3 rings (SSSR count). The molecule has 0 bridgehead atoms. The van der Waals surface area contributed by atoms with Crippen LogP contribution in [0.5, 0.6) is 0 Å². The maximum Gasteiger partial charge on any atom is 0.275 e. The third-order valence-corrected chi connectivity index (χ3v) is 5.21. The van der Waals surface area contributed by atoms with Gasteiger partial charge in [0, 0.05) is 17.0 Å². The third kappa shape index (κ3) is 4.85. The maximum atomic E-state index is 12.8. The summed E-state index contributed by atoms with van der Waals surface area (Å²) < 4.78 is 1.65. The zero-order valence-electron chi connectivity index (χ0n) is 16.8. The van der Waals surface area contributed by atoms with Gasteiger partial charge in [0.2, 0.25) is 0 Å². The van der Waals surface area contributed by atoms with E-state index in [1.807, 2.05) is 63.4 Å². The number of fused-ring (bicyclic) bond motifs is 1.